The minimum atomic E-state index is -0.378. The molecule has 0 radical (unpaired) electrons. The van der Waals surface area contributed by atoms with Gasteiger partial charge in [0.1, 0.15) is 0 Å². The van der Waals surface area contributed by atoms with Crippen LogP contribution < -0.4 is 0 Å². The van der Waals surface area contributed by atoms with E-state index in [9.17, 15) is 0 Å². The van der Waals surface area contributed by atoms with Crippen LogP contribution in [0.25, 0.3) is 0 Å². The second-order valence-corrected chi connectivity index (χ2v) is 6.42. The van der Waals surface area contributed by atoms with Crippen LogP contribution in [0.3, 0.4) is 0 Å². The van der Waals surface area contributed by atoms with Gasteiger partial charge in [-0.1, -0.05) is 0 Å². The van der Waals surface area contributed by atoms with Crippen LogP contribution in [0, 0.1) is 0 Å². The van der Waals surface area contributed by atoms with Crippen molar-refractivity contribution in [3.05, 3.63) is 11.6 Å². The van der Waals surface area contributed by atoms with Gasteiger partial charge in [-0.15, -0.1) is 0 Å². The van der Waals surface area contributed by atoms with E-state index in [-0.39, 0.29) is 21.3 Å². The molecule has 0 saturated carbocycles. The molecular formula is C2H2InNS. The van der Waals surface area contributed by atoms with Gasteiger partial charge in [0.15, 0.2) is 0 Å². The van der Waals surface area contributed by atoms with Crippen molar-refractivity contribution in [2.45, 2.75) is 0 Å². The van der Waals surface area contributed by atoms with Crippen LogP contribution in [0.1, 0.15) is 0 Å². The Morgan fingerprint density at radius 2 is 2.80 bits per heavy atom. The van der Waals surface area contributed by atoms with Crippen LogP contribution in [0.15, 0.2) is 14.5 Å². The molecule has 0 atom stereocenters. The van der Waals surface area contributed by atoms with Crippen molar-refractivity contribution in [3.8, 4) is 0 Å². The molecule has 1 nitrogen and oxygen atoms in total. The van der Waals surface area contributed by atoms with E-state index in [0.29, 0.717) is 0 Å². The van der Waals surface area contributed by atoms with Gasteiger partial charge >= 0.3 is 44.4 Å². The average Bonchev–Trinajstić information content (AvgIpc) is 1.76. The van der Waals surface area contributed by atoms with E-state index < -0.39 is 0 Å². The molecule has 0 fully saturated rings. The zero-order valence-corrected chi connectivity index (χ0v) is 6.70. The molecule has 1 aliphatic rings. The quantitative estimate of drug-likeness (QED) is 0.551. The molecule has 0 aromatic carbocycles. The third kappa shape index (κ3) is 1.09. The molecule has 5 heavy (non-hydrogen) atoms. The van der Waals surface area contributed by atoms with Crippen LogP contribution in [-0.2, 0) is 0 Å². The summed E-state index contributed by atoms with van der Waals surface area (Å²) < 4.78 is 4.06. The number of hydrogen-bond donors (Lipinski definition) is 0. The Balaban J connectivity index is 2.61. The summed E-state index contributed by atoms with van der Waals surface area (Å²) in [6, 6.07) is 0. The summed E-state index contributed by atoms with van der Waals surface area (Å²) in [5, 5.41) is 2.07. The fraction of sp³-hybridized carbons (Fsp3) is 0. The Morgan fingerprint density at radius 3 is 3.00 bits per heavy atom. The summed E-state index contributed by atoms with van der Waals surface area (Å²) in [5.41, 5.74) is 0. The molecule has 0 aromatic heterocycles. The van der Waals surface area contributed by atoms with Gasteiger partial charge in [-0.2, -0.15) is 0 Å². The van der Waals surface area contributed by atoms with Gasteiger partial charge in [-0.3, -0.25) is 0 Å². The molecule has 0 bridgehead atoms. The number of nitrogens with zero attached hydrogens (tertiary/aromatic N) is 1. The van der Waals surface area contributed by atoms with E-state index in [1.54, 1.807) is 0 Å². The zero-order chi connectivity index (χ0) is 3.54. The van der Waals surface area contributed by atoms with Crippen LogP contribution in [-0.4, -0.2) is 21.3 Å². The van der Waals surface area contributed by atoms with Crippen molar-refractivity contribution < 1.29 is 0 Å². The standard InChI is InChI=1S/C2H3NS.In/c3-1-2-4;/h1-2,4H;/q;+1/p-1. The van der Waals surface area contributed by atoms with Crippen molar-refractivity contribution in [2.24, 2.45) is 2.92 Å². The summed E-state index contributed by atoms with van der Waals surface area (Å²) in [5.74, 6) is 0. The van der Waals surface area contributed by atoms with Crippen molar-refractivity contribution in [1.29, 1.82) is 0 Å². The van der Waals surface area contributed by atoms with Gasteiger partial charge in [-0.05, 0) is 0 Å². The van der Waals surface area contributed by atoms with E-state index in [0.717, 1.165) is 0 Å². The monoisotopic (exact) mass is 187 g/mol. The van der Waals surface area contributed by atoms with Gasteiger partial charge in [0, 0.05) is 0 Å². The van der Waals surface area contributed by atoms with Crippen molar-refractivity contribution >= 4 is 29.9 Å². The summed E-state index contributed by atoms with van der Waals surface area (Å²) in [6.45, 7) is 0. The fourth-order valence-electron chi connectivity index (χ4n) is 0.176. The fourth-order valence-corrected chi connectivity index (χ4v) is 3.54. The summed E-state index contributed by atoms with van der Waals surface area (Å²) >= 11 is -0.378. The second-order valence-electron chi connectivity index (χ2n) is 0.676. The summed E-state index contributed by atoms with van der Waals surface area (Å²) in [6.07, 6.45) is 1.91. The molecule has 0 unspecified atom stereocenters. The Kier molecular flexibility index (Phi) is 1.60. The maximum absolute atomic E-state index is 4.06. The number of rotatable bonds is 0. The Hall–Kier alpha value is 0.760. The van der Waals surface area contributed by atoms with Crippen LogP contribution in [0.2, 0.25) is 0 Å². The molecule has 1 heterocycles. The SMILES string of the molecule is C1=C[S][In]=[N]1. The van der Waals surface area contributed by atoms with Crippen LogP contribution in [0.4, 0.5) is 0 Å². The molecule has 0 N–H and O–H groups in total. The van der Waals surface area contributed by atoms with Crippen molar-refractivity contribution in [3.63, 3.8) is 0 Å². The topological polar surface area (TPSA) is 12.4 Å². The first-order valence-electron chi connectivity index (χ1n) is 1.32. The van der Waals surface area contributed by atoms with Gasteiger partial charge < -0.3 is 0 Å². The molecule has 3 heteroatoms. The molecule has 0 spiro atoms. The molecule has 0 aliphatic carbocycles. The molecular weight excluding hydrogens is 185 g/mol. The van der Waals surface area contributed by atoms with Crippen molar-refractivity contribution in [1.82, 2.24) is 0 Å². The van der Waals surface area contributed by atoms with Crippen LogP contribution in [0.5, 0.6) is 0 Å². The summed E-state index contributed by atoms with van der Waals surface area (Å²) in [4.78, 5) is 0. The molecule has 24 valence electrons. The van der Waals surface area contributed by atoms with E-state index in [4.69, 9.17) is 0 Å². The molecule has 0 aromatic rings. The zero-order valence-electron chi connectivity index (χ0n) is 2.59. The van der Waals surface area contributed by atoms with Gasteiger partial charge in [0.25, 0.3) is 0 Å². The van der Waals surface area contributed by atoms with E-state index in [1.165, 1.54) is 0 Å². The maximum atomic E-state index is 4.06. The molecule has 0 amide bonds. The molecule has 0 saturated heterocycles. The third-order valence-electron chi connectivity index (χ3n) is 0.347. The van der Waals surface area contributed by atoms with Gasteiger partial charge in [0.05, 0.1) is 0 Å². The Bertz CT molecular complexity index is 67.7. The normalized spacial score (nSPS) is 16.0. The predicted octanol–water partition coefficient (Wildman–Crippen LogP) is 1.01. The van der Waals surface area contributed by atoms with E-state index in [2.05, 4.69) is 8.32 Å². The number of hydrogen-bond acceptors (Lipinski definition) is 2. The van der Waals surface area contributed by atoms with E-state index in [1.807, 2.05) is 14.8 Å². The average molecular weight is 187 g/mol. The Morgan fingerprint density at radius 1 is 1.80 bits per heavy atom. The summed E-state index contributed by atoms with van der Waals surface area (Å²) in [7, 11) is 1.92. The van der Waals surface area contributed by atoms with Gasteiger partial charge in [0.2, 0.25) is 0 Å². The second kappa shape index (κ2) is 2.03. The molecule has 1 aliphatic heterocycles. The van der Waals surface area contributed by atoms with Crippen molar-refractivity contribution in [2.75, 3.05) is 0 Å². The minimum absolute atomic E-state index is 0.378. The first kappa shape index (κ1) is 3.93. The Labute approximate surface area is 44.4 Å². The third-order valence-corrected chi connectivity index (χ3v) is 4.79. The predicted molar refractivity (Wildman–Crippen MR) is 24.9 cm³/mol. The van der Waals surface area contributed by atoms with Gasteiger partial charge in [-0.25, -0.2) is 0 Å². The first-order valence-corrected chi connectivity index (χ1v) is 7.77. The molecule has 1 rings (SSSR count). The first-order chi connectivity index (χ1) is 2.50. The van der Waals surface area contributed by atoms with E-state index >= 15 is 0 Å². The van der Waals surface area contributed by atoms with Crippen LogP contribution >= 0.6 is 8.59 Å².